The molecule has 0 spiro atoms. The third kappa shape index (κ3) is 16.4. The molecule has 3 aliphatic heterocycles. The van der Waals surface area contributed by atoms with E-state index in [9.17, 15) is 0 Å². The highest BCUT2D eigenvalue weighted by Gasteiger charge is 2.47. The van der Waals surface area contributed by atoms with Gasteiger partial charge in [-0.25, -0.2) is 0 Å². The van der Waals surface area contributed by atoms with Crippen LogP contribution in [-0.4, -0.2) is 86.5 Å². The van der Waals surface area contributed by atoms with E-state index in [1.54, 1.807) is 0 Å². The fourth-order valence-corrected chi connectivity index (χ4v) is 40.7. The summed E-state index contributed by atoms with van der Waals surface area (Å²) in [5.74, 6) is 5.23. The second-order valence-corrected chi connectivity index (χ2v) is 52.9. The fraction of sp³-hybridized carbons (Fsp3) is 1.00. The van der Waals surface area contributed by atoms with E-state index in [-0.39, 0.29) is 0 Å². The molecular weight excluding hydrogens is 853 g/mol. The second-order valence-electron chi connectivity index (χ2n) is 26.3. The summed E-state index contributed by atoms with van der Waals surface area (Å²) in [6.45, 7) is 30.5. The Morgan fingerprint density at radius 1 is 0.311 bits per heavy atom. The zero-order valence-corrected chi connectivity index (χ0v) is 48.1. The van der Waals surface area contributed by atoms with E-state index in [2.05, 4.69) is 78.6 Å². The van der Waals surface area contributed by atoms with Crippen molar-refractivity contribution in [2.24, 2.45) is 35.5 Å². The lowest BCUT2D eigenvalue weighted by Gasteiger charge is -2.41. The molecule has 7 aliphatic rings. The van der Waals surface area contributed by atoms with Crippen LogP contribution >= 0.6 is 0 Å². The first-order valence-corrected chi connectivity index (χ1v) is 45.3. The van der Waals surface area contributed by atoms with Gasteiger partial charge in [0, 0.05) is 0 Å². The number of epoxide rings is 3. The average Bonchev–Trinajstić information content (AvgIpc) is 4.05. The molecule has 4 saturated carbocycles. The van der Waals surface area contributed by atoms with Crippen molar-refractivity contribution in [3.63, 3.8) is 0 Å². The molecular formula is C49H98O6Si6. The molecule has 0 bridgehead atoms. The van der Waals surface area contributed by atoms with Crippen LogP contribution in [-0.2, 0) is 26.6 Å². The molecule has 12 atom stereocenters. The van der Waals surface area contributed by atoms with Crippen LogP contribution in [0.5, 0.6) is 0 Å². The lowest BCUT2D eigenvalue weighted by atomic mass is 9.70. The Morgan fingerprint density at radius 3 is 0.984 bits per heavy atom. The van der Waals surface area contributed by atoms with Crippen LogP contribution in [0.1, 0.15) is 122 Å². The van der Waals surface area contributed by atoms with E-state index < -0.39 is 49.9 Å². The van der Waals surface area contributed by atoms with Gasteiger partial charge in [-0.15, -0.1) is 0 Å². The number of hydrogen-bond acceptors (Lipinski definition) is 6. The third-order valence-corrected chi connectivity index (χ3v) is 39.6. The second kappa shape index (κ2) is 20.3. The van der Waals surface area contributed by atoms with E-state index in [1.807, 2.05) is 0 Å². The Hall–Kier alpha value is 1.06. The quantitative estimate of drug-likeness (QED) is 0.0671. The summed E-state index contributed by atoms with van der Waals surface area (Å²) < 4.78 is 39.5. The molecule has 61 heavy (non-hydrogen) atoms. The Bertz CT molecular complexity index is 1410. The molecule has 3 heterocycles. The van der Waals surface area contributed by atoms with Crippen LogP contribution in [0.4, 0.5) is 0 Å². The monoisotopic (exact) mass is 951 g/mol. The maximum absolute atomic E-state index is 7.37. The predicted octanol–water partition coefficient (Wildman–Crippen LogP) is 14.7. The summed E-state index contributed by atoms with van der Waals surface area (Å²) in [7, 11) is -10.2. The van der Waals surface area contributed by atoms with Gasteiger partial charge in [0.15, 0.2) is 49.9 Å². The molecule has 354 valence electrons. The van der Waals surface area contributed by atoms with Crippen LogP contribution in [0.2, 0.25) is 115 Å². The minimum atomic E-state index is -1.77. The van der Waals surface area contributed by atoms with Crippen LogP contribution < -0.4 is 0 Å². The van der Waals surface area contributed by atoms with Crippen LogP contribution in [0.15, 0.2) is 0 Å². The van der Waals surface area contributed by atoms with Gasteiger partial charge in [0.25, 0.3) is 0 Å². The molecule has 12 unspecified atom stereocenters. The lowest BCUT2D eigenvalue weighted by molar-refractivity contribution is 0.159. The fourth-order valence-electron chi connectivity index (χ4n) is 13.7. The minimum absolute atomic E-state index is 0.599. The molecule has 0 aromatic carbocycles. The van der Waals surface area contributed by atoms with Gasteiger partial charge in [0.05, 0.1) is 36.6 Å². The molecule has 7 rings (SSSR count). The van der Waals surface area contributed by atoms with Crippen molar-refractivity contribution >= 4 is 49.9 Å². The Morgan fingerprint density at radius 2 is 0.623 bits per heavy atom. The zero-order valence-electron chi connectivity index (χ0n) is 42.1. The van der Waals surface area contributed by atoms with E-state index in [4.69, 9.17) is 26.6 Å². The van der Waals surface area contributed by atoms with Crippen molar-refractivity contribution in [2.75, 3.05) is 0 Å². The zero-order chi connectivity index (χ0) is 43.8. The molecule has 12 heteroatoms. The van der Waals surface area contributed by atoms with E-state index in [0.29, 0.717) is 36.6 Å². The first kappa shape index (κ1) is 50.0. The van der Waals surface area contributed by atoms with Gasteiger partial charge in [-0.1, -0.05) is 51.4 Å². The largest absolute Gasteiger partial charge is 0.455 e. The van der Waals surface area contributed by atoms with Gasteiger partial charge in [0.2, 0.25) is 0 Å². The Balaban J connectivity index is 0.888. The number of hydrogen-bond donors (Lipinski definition) is 0. The van der Waals surface area contributed by atoms with Crippen molar-refractivity contribution in [3.05, 3.63) is 0 Å². The van der Waals surface area contributed by atoms with Crippen molar-refractivity contribution in [1.82, 2.24) is 0 Å². The van der Waals surface area contributed by atoms with E-state index in [0.717, 1.165) is 35.5 Å². The summed E-state index contributed by atoms with van der Waals surface area (Å²) in [4.78, 5) is 0. The lowest BCUT2D eigenvalue weighted by Crippen LogP contribution is -2.45. The first-order chi connectivity index (χ1) is 28.5. The summed E-state index contributed by atoms with van der Waals surface area (Å²) in [6, 6.07) is 8.01. The number of rotatable bonds is 25. The molecule has 6 nitrogen and oxygen atoms in total. The van der Waals surface area contributed by atoms with Gasteiger partial charge in [-0.3, -0.25) is 0 Å². The smallest absolute Gasteiger partial charge is 0.173 e. The SMILES string of the molecule is C[Si](C)(CCCC1CCC(CC[Si](C)(C)O[Si](C)(C)CCC2CCC3OC3C2)CC1CC[Si](C)(C)O[Si](C)(C)CCC1CCC2OC2C1)O[Si](C)(C)CCC1CCC2OC2C1. The summed E-state index contributed by atoms with van der Waals surface area (Å²) in [6.07, 6.45) is 29.6. The average molecular weight is 952 g/mol. The maximum atomic E-state index is 7.37. The highest BCUT2D eigenvalue weighted by Crippen LogP contribution is 2.46. The molecule has 3 saturated heterocycles. The third-order valence-electron chi connectivity index (χ3n) is 17.3. The van der Waals surface area contributed by atoms with Crippen molar-refractivity contribution < 1.29 is 26.6 Å². The van der Waals surface area contributed by atoms with E-state index >= 15 is 0 Å². The number of ether oxygens (including phenoxy) is 3. The molecule has 0 aromatic rings. The van der Waals surface area contributed by atoms with Crippen molar-refractivity contribution in [2.45, 2.75) is 273 Å². The highest BCUT2D eigenvalue weighted by molar-refractivity contribution is 6.86. The summed E-state index contributed by atoms with van der Waals surface area (Å²) in [5.41, 5.74) is 0. The molecule has 0 radical (unpaired) electrons. The normalized spacial score (nSPS) is 35.6. The summed E-state index contributed by atoms with van der Waals surface area (Å²) in [5, 5.41) is 0. The van der Waals surface area contributed by atoms with Gasteiger partial charge < -0.3 is 26.6 Å². The molecule has 0 amide bonds. The van der Waals surface area contributed by atoms with Crippen LogP contribution in [0, 0.1) is 35.5 Å². The minimum Gasteiger partial charge on any atom is -0.455 e. The molecule has 7 fully saturated rings. The van der Waals surface area contributed by atoms with Crippen LogP contribution in [0.25, 0.3) is 0 Å². The summed E-state index contributed by atoms with van der Waals surface area (Å²) >= 11 is 0. The molecule has 0 aromatic heterocycles. The Labute approximate surface area is 383 Å². The van der Waals surface area contributed by atoms with Crippen molar-refractivity contribution in [1.29, 1.82) is 0 Å². The van der Waals surface area contributed by atoms with Crippen LogP contribution in [0.3, 0.4) is 0 Å². The maximum Gasteiger partial charge on any atom is 0.173 e. The standard InChI is InChI=1S/C49H98O6Si6/c1-56(2,53-57(3,4)30-24-39-16-20-44-47(35-39)50-44)28-13-14-42-19-15-38(23-29-58(5,6)54-59(7,8)31-25-40-17-21-45-48(36-40)51-45)34-43(42)27-33-61(11,12)55-60(9,10)32-26-41-18-22-46-49(37-41)52-46/h38-49H,13-37H2,1-12H3. The van der Waals surface area contributed by atoms with Gasteiger partial charge >= 0.3 is 0 Å². The topological polar surface area (TPSA) is 65.3 Å². The van der Waals surface area contributed by atoms with Gasteiger partial charge in [-0.2, -0.15) is 0 Å². The Kier molecular flexibility index (Phi) is 16.7. The van der Waals surface area contributed by atoms with Gasteiger partial charge in [0.1, 0.15) is 0 Å². The number of fused-ring (bicyclic) bond motifs is 3. The predicted molar refractivity (Wildman–Crippen MR) is 272 cm³/mol. The van der Waals surface area contributed by atoms with Gasteiger partial charge in [-0.05, 0) is 221 Å². The van der Waals surface area contributed by atoms with Crippen molar-refractivity contribution in [3.8, 4) is 0 Å². The molecule has 4 aliphatic carbocycles. The highest BCUT2D eigenvalue weighted by atomic mass is 28.4. The molecule has 0 N–H and O–H groups in total. The first-order valence-electron chi connectivity index (χ1n) is 26.6. The van der Waals surface area contributed by atoms with E-state index in [1.165, 1.54) is 158 Å².